The molecule has 0 atom stereocenters. The highest BCUT2D eigenvalue weighted by Crippen LogP contribution is 2.38. The SMILES string of the molecule is COn1c2ccc3ccccc3c2c2c(NCCCN(C)C)ncc(C)c21. The number of hydrogen-bond acceptors (Lipinski definition) is 4. The first-order valence-corrected chi connectivity index (χ1v) is 9.36. The van der Waals surface area contributed by atoms with Gasteiger partial charge in [0.1, 0.15) is 12.9 Å². The van der Waals surface area contributed by atoms with Crippen LogP contribution < -0.4 is 10.2 Å². The zero-order valence-corrected chi connectivity index (χ0v) is 16.4. The zero-order valence-electron chi connectivity index (χ0n) is 16.4. The van der Waals surface area contributed by atoms with Gasteiger partial charge >= 0.3 is 0 Å². The number of hydrogen-bond donors (Lipinski definition) is 1. The molecule has 0 bridgehead atoms. The Hall–Kier alpha value is -2.79. The minimum atomic E-state index is 0.883. The van der Waals surface area contributed by atoms with Crippen LogP contribution in [0.4, 0.5) is 5.82 Å². The molecule has 2 aromatic heterocycles. The molecule has 5 heteroatoms. The molecular formula is C22H26N4O. The highest BCUT2D eigenvalue weighted by Gasteiger charge is 2.19. The van der Waals surface area contributed by atoms with E-state index in [1.54, 1.807) is 7.11 Å². The van der Waals surface area contributed by atoms with E-state index in [9.17, 15) is 0 Å². The number of fused-ring (bicyclic) bond motifs is 5. The molecule has 4 aromatic rings. The van der Waals surface area contributed by atoms with E-state index in [2.05, 4.69) is 67.6 Å². The van der Waals surface area contributed by atoms with Gasteiger partial charge in [0, 0.05) is 18.1 Å². The number of nitrogens with zero attached hydrogens (tertiary/aromatic N) is 3. The van der Waals surface area contributed by atoms with Crippen molar-refractivity contribution in [2.45, 2.75) is 13.3 Å². The molecule has 0 aliphatic carbocycles. The maximum Gasteiger partial charge on any atom is 0.136 e. The van der Waals surface area contributed by atoms with Crippen molar-refractivity contribution in [2.24, 2.45) is 0 Å². The lowest BCUT2D eigenvalue weighted by molar-refractivity contribution is 0.190. The topological polar surface area (TPSA) is 42.3 Å². The molecule has 0 spiro atoms. The van der Waals surface area contributed by atoms with Crippen LogP contribution in [0.1, 0.15) is 12.0 Å². The quantitative estimate of drug-likeness (QED) is 0.525. The molecule has 0 unspecified atom stereocenters. The molecule has 0 fully saturated rings. The summed E-state index contributed by atoms with van der Waals surface area (Å²) in [6, 6.07) is 12.8. The fourth-order valence-electron chi connectivity index (χ4n) is 3.83. The second kappa shape index (κ2) is 7.08. The van der Waals surface area contributed by atoms with Gasteiger partial charge < -0.3 is 15.1 Å². The molecule has 0 amide bonds. The summed E-state index contributed by atoms with van der Waals surface area (Å²) in [7, 11) is 5.92. The standard InChI is InChI=1S/C22H26N4O/c1-15-14-24-22(23-12-7-13-25(2)3)20-19-17-9-6-5-8-16(17)10-11-18(19)26(27-4)21(15)20/h5-6,8-11,14H,7,12-13H2,1-4H3,(H,23,24). The van der Waals surface area contributed by atoms with Crippen molar-refractivity contribution >= 4 is 38.4 Å². The normalized spacial score (nSPS) is 11.7. The van der Waals surface area contributed by atoms with E-state index in [1.807, 2.05) is 10.9 Å². The van der Waals surface area contributed by atoms with Gasteiger partial charge in [-0.05, 0) is 56.4 Å². The molecule has 5 nitrogen and oxygen atoms in total. The van der Waals surface area contributed by atoms with E-state index in [-0.39, 0.29) is 0 Å². The number of rotatable bonds is 6. The Morgan fingerprint density at radius 2 is 1.93 bits per heavy atom. The highest BCUT2D eigenvalue weighted by molar-refractivity contribution is 6.23. The van der Waals surface area contributed by atoms with Crippen LogP contribution in [0.15, 0.2) is 42.6 Å². The van der Waals surface area contributed by atoms with Crippen molar-refractivity contribution in [1.82, 2.24) is 14.6 Å². The summed E-state index contributed by atoms with van der Waals surface area (Å²) < 4.78 is 1.93. The van der Waals surface area contributed by atoms with Gasteiger partial charge in [-0.2, -0.15) is 4.73 Å². The molecule has 0 radical (unpaired) electrons. The van der Waals surface area contributed by atoms with Crippen molar-refractivity contribution in [3.05, 3.63) is 48.2 Å². The van der Waals surface area contributed by atoms with Gasteiger partial charge in [0.05, 0.1) is 16.4 Å². The molecule has 0 aliphatic heterocycles. The Morgan fingerprint density at radius 1 is 1.11 bits per heavy atom. The lowest BCUT2D eigenvalue weighted by atomic mass is 10.0. The summed E-state index contributed by atoms with van der Waals surface area (Å²) in [4.78, 5) is 12.7. The third kappa shape index (κ3) is 2.98. The van der Waals surface area contributed by atoms with Crippen LogP contribution in [0, 0.1) is 6.92 Å². The summed E-state index contributed by atoms with van der Waals surface area (Å²) in [5.41, 5.74) is 3.25. The van der Waals surface area contributed by atoms with Crippen molar-refractivity contribution in [3.8, 4) is 0 Å². The summed E-state index contributed by atoms with van der Waals surface area (Å²) in [5.74, 6) is 0.923. The fourth-order valence-corrected chi connectivity index (χ4v) is 3.83. The number of aryl methyl sites for hydroxylation is 1. The number of anilines is 1. The second-order valence-electron chi connectivity index (χ2n) is 7.25. The van der Waals surface area contributed by atoms with Crippen LogP contribution in [0.5, 0.6) is 0 Å². The largest absolute Gasteiger partial charge is 0.416 e. The van der Waals surface area contributed by atoms with E-state index in [1.165, 1.54) is 16.2 Å². The average molecular weight is 362 g/mol. The summed E-state index contributed by atoms with van der Waals surface area (Å²) in [6.45, 7) is 4.01. The van der Waals surface area contributed by atoms with Crippen molar-refractivity contribution in [1.29, 1.82) is 0 Å². The lowest BCUT2D eigenvalue weighted by Gasteiger charge is -2.12. The predicted octanol–water partition coefficient (Wildman–Crippen LogP) is 4.07. The van der Waals surface area contributed by atoms with Crippen molar-refractivity contribution < 1.29 is 4.84 Å². The summed E-state index contributed by atoms with van der Waals surface area (Å²) >= 11 is 0. The first kappa shape index (κ1) is 17.6. The summed E-state index contributed by atoms with van der Waals surface area (Å²) in [6.07, 6.45) is 2.99. The van der Waals surface area contributed by atoms with Crippen LogP contribution in [0.2, 0.25) is 0 Å². The number of pyridine rings is 1. The van der Waals surface area contributed by atoms with Crippen LogP contribution in [-0.2, 0) is 0 Å². The van der Waals surface area contributed by atoms with Crippen molar-refractivity contribution in [2.75, 3.05) is 39.6 Å². The van der Waals surface area contributed by atoms with Gasteiger partial charge in [-0.15, -0.1) is 0 Å². The van der Waals surface area contributed by atoms with E-state index in [0.717, 1.165) is 47.3 Å². The molecule has 2 aromatic carbocycles. The van der Waals surface area contributed by atoms with Gasteiger partial charge in [-0.25, -0.2) is 4.98 Å². The van der Waals surface area contributed by atoms with Crippen LogP contribution in [0.25, 0.3) is 32.6 Å². The van der Waals surface area contributed by atoms with Crippen LogP contribution in [-0.4, -0.2) is 48.9 Å². The monoisotopic (exact) mass is 362 g/mol. The van der Waals surface area contributed by atoms with Crippen molar-refractivity contribution in [3.63, 3.8) is 0 Å². The molecule has 27 heavy (non-hydrogen) atoms. The molecule has 1 N–H and O–H groups in total. The Kier molecular flexibility index (Phi) is 4.62. The predicted molar refractivity (Wildman–Crippen MR) is 114 cm³/mol. The average Bonchev–Trinajstić information content (AvgIpc) is 3.02. The van der Waals surface area contributed by atoms with E-state index in [0.29, 0.717) is 0 Å². The molecule has 140 valence electrons. The molecular weight excluding hydrogens is 336 g/mol. The Bertz CT molecular complexity index is 1110. The van der Waals surface area contributed by atoms with E-state index < -0.39 is 0 Å². The molecule has 0 saturated carbocycles. The maximum atomic E-state index is 5.78. The van der Waals surface area contributed by atoms with Gasteiger partial charge in [-0.3, -0.25) is 0 Å². The molecule has 0 aliphatic rings. The Balaban J connectivity index is 1.97. The maximum absolute atomic E-state index is 5.78. The van der Waals surface area contributed by atoms with Crippen LogP contribution in [0.3, 0.4) is 0 Å². The second-order valence-corrected chi connectivity index (χ2v) is 7.25. The third-order valence-corrected chi connectivity index (χ3v) is 5.07. The first-order chi connectivity index (χ1) is 13.1. The first-order valence-electron chi connectivity index (χ1n) is 9.36. The van der Waals surface area contributed by atoms with E-state index >= 15 is 0 Å². The van der Waals surface area contributed by atoms with Gasteiger partial charge in [0.15, 0.2) is 0 Å². The van der Waals surface area contributed by atoms with Gasteiger partial charge in [0.2, 0.25) is 0 Å². The minimum Gasteiger partial charge on any atom is -0.416 e. The molecule has 4 rings (SSSR count). The Morgan fingerprint density at radius 3 is 2.70 bits per heavy atom. The molecule has 0 saturated heterocycles. The van der Waals surface area contributed by atoms with Crippen LogP contribution >= 0.6 is 0 Å². The number of aromatic nitrogens is 2. The van der Waals surface area contributed by atoms with Gasteiger partial charge in [-0.1, -0.05) is 30.3 Å². The Labute approximate surface area is 159 Å². The van der Waals surface area contributed by atoms with E-state index in [4.69, 9.17) is 9.82 Å². The highest BCUT2D eigenvalue weighted by atomic mass is 16.6. The minimum absolute atomic E-state index is 0.883. The molecule has 2 heterocycles. The third-order valence-electron chi connectivity index (χ3n) is 5.07. The number of nitrogens with one attached hydrogen (secondary N) is 1. The summed E-state index contributed by atoms with van der Waals surface area (Å²) in [5, 5.41) is 8.33. The zero-order chi connectivity index (χ0) is 19.0. The lowest BCUT2D eigenvalue weighted by Crippen LogP contribution is -2.16. The van der Waals surface area contributed by atoms with Gasteiger partial charge in [0.25, 0.3) is 0 Å². The number of benzene rings is 2. The smallest absolute Gasteiger partial charge is 0.136 e. The fraction of sp³-hybridized carbons (Fsp3) is 0.318.